The van der Waals surface area contributed by atoms with Crippen LogP contribution in [0.4, 0.5) is 4.39 Å². The van der Waals surface area contributed by atoms with Crippen molar-refractivity contribution in [2.45, 2.75) is 65.0 Å². The van der Waals surface area contributed by atoms with Crippen LogP contribution in [-0.4, -0.2) is 38.2 Å². The number of carbonyl (C=O) groups is 1. The first kappa shape index (κ1) is 26.8. The number of hydrogen-bond acceptors (Lipinski definition) is 9. The predicted molar refractivity (Wildman–Crippen MR) is 144 cm³/mol. The van der Waals surface area contributed by atoms with Crippen molar-refractivity contribution in [3.8, 4) is 11.4 Å². The lowest BCUT2D eigenvalue weighted by Crippen LogP contribution is -2.36. The second-order valence-electron chi connectivity index (χ2n) is 9.99. The molecule has 1 saturated carbocycles. The lowest BCUT2D eigenvalue weighted by Gasteiger charge is -2.22. The van der Waals surface area contributed by atoms with E-state index in [2.05, 4.69) is 5.32 Å². The summed E-state index contributed by atoms with van der Waals surface area (Å²) in [6.45, 7) is 5.92. The maximum Gasteiger partial charge on any atom is 0.340 e. The van der Waals surface area contributed by atoms with Gasteiger partial charge in [-0.15, -0.1) is 0 Å². The van der Waals surface area contributed by atoms with E-state index in [0.717, 1.165) is 29.4 Å². The number of aliphatic hydroxyl groups excluding tert-OH is 1. The minimum Gasteiger partial charge on any atom is -0.458 e. The van der Waals surface area contributed by atoms with Gasteiger partial charge in [-0.25, -0.2) is 20.0 Å². The van der Waals surface area contributed by atoms with Gasteiger partial charge in [0.25, 0.3) is 5.56 Å². The Morgan fingerprint density at radius 1 is 1.31 bits per heavy atom. The van der Waals surface area contributed by atoms with Gasteiger partial charge in [0.2, 0.25) is 0 Å². The van der Waals surface area contributed by atoms with Crippen LogP contribution in [0.5, 0.6) is 0 Å². The molecule has 6 rings (SSSR count). The summed E-state index contributed by atoms with van der Waals surface area (Å²) < 4.78 is 21.1. The highest BCUT2D eigenvalue weighted by Gasteiger charge is 2.44. The molecule has 0 saturated heterocycles. The van der Waals surface area contributed by atoms with Crippen molar-refractivity contribution in [3.05, 3.63) is 74.1 Å². The molecule has 1 aromatic carbocycles. The summed E-state index contributed by atoms with van der Waals surface area (Å²) in [6, 6.07) is 4.70. The zero-order valence-corrected chi connectivity index (χ0v) is 22.5. The molecule has 11 heteroatoms. The minimum atomic E-state index is -1.55. The smallest absolute Gasteiger partial charge is 0.340 e. The molecule has 206 valence electrons. The molecule has 1 atom stereocenters. The number of nitrogens with two attached hydrogens (primary N) is 2. The van der Waals surface area contributed by atoms with Crippen LogP contribution in [0.2, 0.25) is 0 Å². The van der Waals surface area contributed by atoms with Crippen molar-refractivity contribution in [1.29, 1.82) is 0 Å². The second kappa shape index (κ2) is 9.74. The SMILES string of the molecule is CC.CNC1(/C(N)=C/N(N)Cc2c3c(nc4cc(F)c(C)cc24)-c2cc4c(c(=O)n2C3)COC(=O)C4O)CC1. The van der Waals surface area contributed by atoms with Crippen LogP contribution >= 0.6 is 0 Å². The lowest BCUT2D eigenvalue weighted by atomic mass is 9.97. The van der Waals surface area contributed by atoms with Crippen LogP contribution in [0.25, 0.3) is 22.3 Å². The number of nitrogens with zero attached hydrogens (tertiary/aromatic N) is 3. The molecule has 0 radical (unpaired) electrons. The second-order valence-corrected chi connectivity index (χ2v) is 9.99. The summed E-state index contributed by atoms with van der Waals surface area (Å²) >= 11 is 0. The van der Waals surface area contributed by atoms with Gasteiger partial charge in [0.1, 0.15) is 12.4 Å². The molecule has 1 fully saturated rings. The number of halogens is 1. The lowest BCUT2D eigenvalue weighted by molar-refractivity contribution is -0.157. The van der Waals surface area contributed by atoms with Crippen molar-refractivity contribution in [3.63, 3.8) is 0 Å². The molecule has 3 aromatic rings. The number of hydrazine groups is 1. The highest BCUT2D eigenvalue weighted by atomic mass is 19.1. The normalized spacial score (nSPS) is 18.5. The highest BCUT2D eigenvalue weighted by Crippen LogP contribution is 2.41. The van der Waals surface area contributed by atoms with E-state index < -0.39 is 17.9 Å². The summed E-state index contributed by atoms with van der Waals surface area (Å²) in [5.41, 5.74) is 10.1. The number of aromatic nitrogens is 2. The Morgan fingerprint density at radius 2 is 2.03 bits per heavy atom. The third-order valence-electron chi connectivity index (χ3n) is 7.78. The first-order chi connectivity index (χ1) is 18.6. The summed E-state index contributed by atoms with van der Waals surface area (Å²) in [4.78, 5) is 30.0. The number of esters is 1. The fourth-order valence-corrected chi connectivity index (χ4v) is 5.36. The molecule has 2 aromatic heterocycles. The summed E-state index contributed by atoms with van der Waals surface area (Å²) in [7, 11) is 1.86. The van der Waals surface area contributed by atoms with Crippen LogP contribution in [0, 0.1) is 12.7 Å². The van der Waals surface area contributed by atoms with Gasteiger partial charge in [0.05, 0.1) is 41.1 Å². The molecular weight excluding hydrogens is 503 g/mol. The molecule has 4 heterocycles. The Hall–Kier alpha value is -3.80. The number of cyclic esters (lactones) is 1. The van der Waals surface area contributed by atoms with Gasteiger partial charge < -0.3 is 30.5 Å². The molecule has 1 unspecified atom stereocenters. The number of aliphatic hydroxyl groups is 1. The number of rotatable bonds is 5. The topological polar surface area (TPSA) is 149 Å². The number of pyridine rings is 2. The number of carbonyl (C=O) groups excluding carboxylic acids is 1. The number of benzene rings is 1. The van der Waals surface area contributed by atoms with Gasteiger partial charge in [-0.2, -0.15) is 0 Å². The van der Waals surface area contributed by atoms with E-state index in [9.17, 15) is 19.1 Å². The third kappa shape index (κ3) is 4.26. The van der Waals surface area contributed by atoms with Crippen molar-refractivity contribution in [2.75, 3.05) is 7.05 Å². The fraction of sp³-hybridized carbons (Fsp3) is 0.393. The Labute approximate surface area is 225 Å². The Bertz CT molecular complexity index is 1590. The zero-order chi connectivity index (χ0) is 28.2. The summed E-state index contributed by atoms with van der Waals surface area (Å²) in [6.07, 6.45) is 1.99. The molecule has 0 bridgehead atoms. The van der Waals surface area contributed by atoms with E-state index in [4.69, 9.17) is 21.3 Å². The first-order valence-corrected chi connectivity index (χ1v) is 13.0. The number of fused-ring (bicyclic) bond motifs is 5. The van der Waals surface area contributed by atoms with Crippen molar-refractivity contribution in [2.24, 2.45) is 11.6 Å². The van der Waals surface area contributed by atoms with Crippen molar-refractivity contribution in [1.82, 2.24) is 19.9 Å². The molecule has 10 nitrogen and oxygen atoms in total. The molecular formula is C28H33FN6O4. The van der Waals surface area contributed by atoms with Gasteiger partial charge in [0, 0.05) is 34.5 Å². The molecule has 6 N–H and O–H groups in total. The van der Waals surface area contributed by atoms with Crippen molar-refractivity contribution >= 4 is 16.9 Å². The molecule has 0 spiro atoms. The van der Waals surface area contributed by atoms with Gasteiger partial charge in [0.15, 0.2) is 6.10 Å². The van der Waals surface area contributed by atoms with Gasteiger partial charge in [-0.3, -0.25) is 4.79 Å². The number of ether oxygens (including phenoxy) is 1. The summed E-state index contributed by atoms with van der Waals surface area (Å²) in [5.74, 6) is 5.20. The van der Waals surface area contributed by atoms with Gasteiger partial charge in [-0.05, 0) is 50.1 Å². The fourth-order valence-electron chi connectivity index (χ4n) is 5.36. The first-order valence-electron chi connectivity index (χ1n) is 13.0. The average molecular weight is 537 g/mol. The third-order valence-corrected chi connectivity index (χ3v) is 7.78. The minimum absolute atomic E-state index is 0.205. The molecule has 0 amide bonds. The average Bonchev–Trinajstić information content (AvgIpc) is 3.64. The van der Waals surface area contributed by atoms with Crippen LogP contribution in [0.15, 0.2) is 34.9 Å². The Morgan fingerprint density at radius 3 is 2.69 bits per heavy atom. The van der Waals surface area contributed by atoms with E-state index >= 15 is 0 Å². The maximum atomic E-state index is 14.6. The van der Waals surface area contributed by atoms with Crippen LogP contribution in [0.3, 0.4) is 0 Å². The Kier molecular flexibility index (Phi) is 6.69. The van der Waals surface area contributed by atoms with Gasteiger partial charge >= 0.3 is 5.97 Å². The van der Waals surface area contributed by atoms with E-state index in [1.165, 1.54) is 11.1 Å². The molecule has 39 heavy (non-hydrogen) atoms. The highest BCUT2D eigenvalue weighted by molar-refractivity contribution is 5.89. The number of aryl methyl sites for hydroxylation is 1. The monoisotopic (exact) mass is 536 g/mol. The van der Waals surface area contributed by atoms with Crippen LogP contribution in [0.1, 0.15) is 60.6 Å². The maximum absolute atomic E-state index is 14.6. The van der Waals surface area contributed by atoms with Gasteiger partial charge in [-0.1, -0.05) is 13.8 Å². The number of likely N-dealkylation sites (N-methyl/N-ethyl adjacent to an activating group) is 1. The van der Waals surface area contributed by atoms with E-state index in [0.29, 0.717) is 28.2 Å². The zero-order valence-electron chi connectivity index (χ0n) is 22.5. The Balaban J connectivity index is 0.00000151. The largest absolute Gasteiger partial charge is 0.458 e. The number of hydrogen-bond donors (Lipinski definition) is 4. The molecule has 1 aliphatic carbocycles. The van der Waals surface area contributed by atoms with Crippen molar-refractivity contribution < 1.29 is 19.0 Å². The quantitative estimate of drug-likeness (QED) is 0.171. The number of nitrogens with one attached hydrogen (secondary N) is 1. The predicted octanol–water partition coefficient (Wildman–Crippen LogP) is 2.22. The van der Waals surface area contributed by atoms with Crippen LogP contribution < -0.4 is 22.5 Å². The van der Waals surface area contributed by atoms with E-state index in [1.54, 1.807) is 29.8 Å². The standard InChI is InChI=1S/C26H27FN6O4.C2H6/c1-12-5-13-15(8-32(29)10-21(28)26(30-2)3-4-26)16-9-33-20(22(16)31-19(13)7-18(12)27)6-14-17(24(33)35)11-37-25(36)23(14)34;1-2/h5-7,10,23,30,34H,3-4,8-9,11,28-29H2,1-2H3;1-2H3/b21-10-;. The van der Waals surface area contributed by atoms with E-state index in [-0.39, 0.29) is 41.9 Å². The molecule has 3 aliphatic rings. The molecule has 2 aliphatic heterocycles. The van der Waals surface area contributed by atoms with Crippen LogP contribution in [-0.2, 0) is 29.2 Å². The van der Waals surface area contributed by atoms with E-state index in [1.807, 2.05) is 20.9 Å². The summed E-state index contributed by atoms with van der Waals surface area (Å²) in [5, 5.41) is 15.8.